The van der Waals surface area contributed by atoms with Gasteiger partial charge in [0.15, 0.2) is 5.66 Å². The summed E-state index contributed by atoms with van der Waals surface area (Å²) in [5, 5.41) is 5.65. The summed E-state index contributed by atoms with van der Waals surface area (Å²) in [7, 11) is 0. The van der Waals surface area contributed by atoms with Gasteiger partial charge in [0.2, 0.25) is 5.91 Å². The quantitative estimate of drug-likeness (QED) is 0.656. The number of nitrogens with one attached hydrogen (secondary N) is 2. The zero-order valence-corrected chi connectivity index (χ0v) is 12.5. The molecule has 0 aromatic heterocycles. The van der Waals surface area contributed by atoms with Crippen molar-refractivity contribution in [2.45, 2.75) is 46.2 Å². The van der Waals surface area contributed by atoms with E-state index in [1.807, 2.05) is 20.8 Å². The standard InChI is InChI=1S/C14H23N3O3/c1-5-6-10(19)13-9(12(13,3)4)7-16-14(13,11(15)20)17-8(2)18/h9,16H,5-7H2,1-4H3,(H2,15,20)(H,17,18). The minimum Gasteiger partial charge on any atom is -0.366 e. The van der Waals surface area contributed by atoms with Gasteiger partial charge in [0.25, 0.3) is 5.91 Å². The monoisotopic (exact) mass is 281 g/mol. The zero-order valence-electron chi connectivity index (χ0n) is 12.5. The van der Waals surface area contributed by atoms with Crippen molar-refractivity contribution in [1.29, 1.82) is 0 Å². The lowest BCUT2D eigenvalue weighted by atomic mass is 9.77. The van der Waals surface area contributed by atoms with E-state index in [0.717, 1.165) is 0 Å². The van der Waals surface area contributed by atoms with Crippen LogP contribution in [-0.2, 0) is 14.4 Å². The van der Waals surface area contributed by atoms with Crippen LogP contribution >= 0.6 is 0 Å². The number of carbonyl (C=O) groups is 3. The average Bonchev–Trinajstić information content (AvgIpc) is 2.65. The van der Waals surface area contributed by atoms with Gasteiger partial charge in [-0.2, -0.15) is 0 Å². The molecule has 6 heteroatoms. The molecule has 4 N–H and O–H groups in total. The van der Waals surface area contributed by atoms with E-state index in [1.165, 1.54) is 6.92 Å². The molecule has 2 fully saturated rings. The molecule has 0 aromatic carbocycles. The summed E-state index contributed by atoms with van der Waals surface area (Å²) in [4.78, 5) is 36.4. The topological polar surface area (TPSA) is 101 Å². The molecular weight excluding hydrogens is 258 g/mol. The summed E-state index contributed by atoms with van der Waals surface area (Å²) in [5.41, 5.74) is 2.84. The van der Waals surface area contributed by atoms with E-state index in [9.17, 15) is 14.4 Å². The maximum atomic E-state index is 12.7. The summed E-state index contributed by atoms with van der Waals surface area (Å²) in [5.74, 6) is -1.03. The number of Topliss-reactive ketones (excluding diaryl/α,β-unsaturated/α-hetero) is 1. The normalized spacial score (nSPS) is 37.1. The lowest BCUT2D eigenvalue weighted by molar-refractivity contribution is -0.142. The van der Waals surface area contributed by atoms with E-state index in [4.69, 9.17) is 5.73 Å². The molecule has 1 aliphatic carbocycles. The Morgan fingerprint density at radius 3 is 2.35 bits per heavy atom. The molecule has 3 unspecified atom stereocenters. The fourth-order valence-corrected chi connectivity index (χ4v) is 4.35. The van der Waals surface area contributed by atoms with Crippen molar-refractivity contribution in [1.82, 2.24) is 10.6 Å². The minimum absolute atomic E-state index is 0.00699. The van der Waals surface area contributed by atoms with Gasteiger partial charge in [-0.3, -0.25) is 19.7 Å². The molecule has 1 heterocycles. The first-order chi connectivity index (χ1) is 9.18. The Balaban J connectivity index is 2.54. The second-order valence-electron chi connectivity index (χ2n) is 6.43. The molecule has 0 aromatic rings. The van der Waals surface area contributed by atoms with Crippen LogP contribution in [0.2, 0.25) is 0 Å². The van der Waals surface area contributed by atoms with Gasteiger partial charge < -0.3 is 11.1 Å². The van der Waals surface area contributed by atoms with Crippen LogP contribution in [0, 0.1) is 16.7 Å². The molecule has 6 nitrogen and oxygen atoms in total. The maximum absolute atomic E-state index is 12.7. The van der Waals surface area contributed by atoms with Gasteiger partial charge in [-0.05, 0) is 17.8 Å². The first-order valence-corrected chi connectivity index (χ1v) is 7.05. The molecule has 0 spiro atoms. The number of carbonyl (C=O) groups excluding carboxylic acids is 3. The van der Waals surface area contributed by atoms with Crippen molar-refractivity contribution in [3.8, 4) is 0 Å². The summed E-state index contributed by atoms with van der Waals surface area (Å²) < 4.78 is 0. The Kier molecular flexibility index (Phi) is 3.20. The summed E-state index contributed by atoms with van der Waals surface area (Å²) in [6.07, 6.45) is 1.09. The molecule has 112 valence electrons. The lowest BCUT2D eigenvalue weighted by Gasteiger charge is -2.38. The summed E-state index contributed by atoms with van der Waals surface area (Å²) >= 11 is 0. The molecule has 2 amide bonds. The van der Waals surface area contributed by atoms with E-state index < -0.39 is 17.0 Å². The smallest absolute Gasteiger partial charge is 0.259 e. The predicted octanol–water partition coefficient (Wildman–Crippen LogP) is -0.0811. The number of fused-ring (bicyclic) bond motifs is 1. The van der Waals surface area contributed by atoms with Crippen molar-refractivity contribution in [3.05, 3.63) is 0 Å². The average molecular weight is 281 g/mol. The first kappa shape index (κ1) is 15.0. The van der Waals surface area contributed by atoms with Crippen LogP contribution in [0.1, 0.15) is 40.5 Å². The van der Waals surface area contributed by atoms with E-state index in [-0.39, 0.29) is 23.0 Å². The highest BCUT2D eigenvalue weighted by Gasteiger charge is 2.87. The Morgan fingerprint density at radius 2 is 1.95 bits per heavy atom. The summed E-state index contributed by atoms with van der Waals surface area (Å²) in [6.45, 7) is 7.68. The molecule has 3 atom stereocenters. The van der Waals surface area contributed by atoms with E-state index >= 15 is 0 Å². The van der Waals surface area contributed by atoms with Crippen molar-refractivity contribution in [2.24, 2.45) is 22.5 Å². The molecule has 0 radical (unpaired) electrons. The van der Waals surface area contributed by atoms with Crippen LogP contribution in [0.4, 0.5) is 0 Å². The van der Waals surface area contributed by atoms with Crippen LogP contribution in [0.15, 0.2) is 0 Å². The third-order valence-corrected chi connectivity index (χ3v) is 5.14. The molecule has 2 rings (SSSR count). The molecule has 1 aliphatic heterocycles. The van der Waals surface area contributed by atoms with E-state index in [2.05, 4.69) is 10.6 Å². The Bertz CT molecular complexity index is 488. The SMILES string of the molecule is CCCC(=O)C12C(CNC1(NC(C)=O)C(N)=O)C2(C)C. The summed E-state index contributed by atoms with van der Waals surface area (Å²) in [6, 6.07) is 0. The highest BCUT2D eigenvalue weighted by molar-refractivity contribution is 6.03. The molecule has 0 bridgehead atoms. The van der Waals surface area contributed by atoms with Gasteiger partial charge in [-0.1, -0.05) is 20.8 Å². The van der Waals surface area contributed by atoms with Gasteiger partial charge in [-0.15, -0.1) is 0 Å². The Labute approximate surface area is 118 Å². The van der Waals surface area contributed by atoms with Crippen molar-refractivity contribution < 1.29 is 14.4 Å². The number of primary amides is 1. The largest absolute Gasteiger partial charge is 0.366 e. The van der Waals surface area contributed by atoms with Crippen molar-refractivity contribution in [3.63, 3.8) is 0 Å². The van der Waals surface area contributed by atoms with Crippen molar-refractivity contribution in [2.75, 3.05) is 6.54 Å². The Hall–Kier alpha value is -1.43. The number of hydrogen-bond donors (Lipinski definition) is 3. The highest BCUT2D eigenvalue weighted by Crippen LogP contribution is 2.76. The van der Waals surface area contributed by atoms with Gasteiger partial charge in [0, 0.05) is 19.9 Å². The highest BCUT2D eigenvalue weighted by atomic mass is 16.2. The number of rotatable bonds is 5. The molecule has 1 saturated carbocycles. The predicted molar refractivity (Wildman–Crippen MR) is 73.4 cm³/mol. The van der Waals surface area contributed by atoms with Crippen molar-refractivity contribution >= 4 is 17.6 Å². The number of ketones is 1. The lowest BCUT2D eigenvalue weighted by Crippen LogP contribution is -2.71. The third kappa shape index (κ3) is 1.45. The van der Waals surface area contributed by atoms with Crippen LogP contribution in [0.5, 0.6) is 0 Å². The fourth-order valence-electron chi connectivity index (χ4n) is 4.35. The number of piperidine rings is 1. The third-order valence-electron chi connectivity index (χ3n) is 5.14. The molecule has 2 aliphatic rings. The van der Waals surface area contributed by atoms with Gasteiger partial charge in [-0.25, -0.2) is 0 Å². The van der Waals surface area contributed by atoms with Crippen LogP contribution in [0.3, 0.4) is 0 Å². The van der Waals surface area contributed by atoms with Crippen LogP contribution < -0.4 is 16.4 Å². The Morgan fingerprint density at radius 1 is 1.35 bits per heavy atom. The maximum Gasteiger partial charge on any atom is 0.259 e. The first-order valence-electron chi connectivity index (χ1n) is 7.05. The number of nitrogens with two attached hydrogens (primary N) is 1. The van der Waals surface area contributed by atoms with E-state index in [1.54, 1.807) is 0 Å². The van der Waals surface area contributed by atoms with E-state index in [0.29, 0.717) is 19.4 Å². The van der Waals surface area contributed by atoms with Crippen LogP contribution in [-0.4, -0.2) is 29.8 Å². The molecule has 1 saturated heterocycles. The molecular formula is C14H23N3O3. The van der Waals surface area contributed by atoms with Gasteiger partial charge in [0.05, 0.1) is 5.41 Å². The van der Waals surface area contributed by atoms with Crippen LogP contribution in [0.25, 0.3) is 0 Å². The van der Waals surface area contributed by atoms with Gasteiger partial charge in [0.1, 0.15) is 5.78 Å². The minimum atomic E-state index is -1.46. The number of hydrogen-bond acceptors (Lipinski definition) is 4. The number of amides is 2. The molecule has 20 heavy (non-hydrogen) atoms. The van der Waals surface area contributed by atoms with Gasteiger partial charge >= 0.3 is 0 Å². The fraction of sp³-hybridized carbons (Fsp3) is 0.786. The zero-order chi connectivity index (χ0) is 15.3. The second kappa shape index (κ2) is 4.28. The second-order valence-corrected chi connectivity index (χ2v) is 6.43.